The first-order chi connectivity index (χ1) is 17.0. The zero-order valence-corrected chi connectivity index (χ0v) is 20.1. The smallest absolute Gasteiger partial charge is 0.276 e. The normalized spacial score (nSPS) is 15.5. The Kier molecular flexibility index (Phi) is 7.45. The van der Waals surface area contributed by atoms with Crippen molar-refractivity contribution in [3.63, 3.8) is 0 Å². The summed E-state index contributed by atoms with van der Waals surface area (Å²) in [5, 5.41) is 15.6. The van der Waals surface area contributed by atoms with Gasteiger partial charge < -0.3 is 14.8 Å². The second kappa shape index (κ2) is 10.9. The number of nitrogens with zero attached hydrogens (tertiary/aromatic N) is 3. The molecule has 0 saturated carbocycles. The van der Waals surface area contributed by atoms with Crippen LogP contribution in [-0.2, 0) is 11.2 Å². The summed E-state index contributed by atoms with van der Waals surface area (Å²) in [6.45, 7) is 2.53. The first-order valence-corrected chi connectivity index (χ1v) is 11.5. The Morgan fingerprint density at radius 3 is 2.54 bits per heavy atom. The van der Waals surface area contributed by atoms with Gasteiger partial charge in [0.25, 0.3) is 5.91 Å². The molecule has 1 unspecified atom stereocenters. The number of anilines is 1. The van der Waals surface area contributed by atoms with Crippen molar-refractivity contribution in [3.05, 3.63) is 71.5 Å². The number of carbonyl (C=O) groups is 2. The summed E-state index contributed by atoms with van der Waals surface area (Å²) in [5.41, 5.74) is 3.84. The second-order valence-corrected chi connectivity index (χ2v) is 8.24. The Hall–Kier alpha value is -4.14. The third-order valence-electron chi connectivity index (χ3n) is 6.05. The van der Waals surface area contributed by atoms with Crippen LogP contribution in [0.5, 0.6) is 11.5 Å². The van der Waals surface area contributed by atoms with Gasteiger partial charge in [0.15, 0.2) is 11.5 Å². The summed E-state index contributed by atoms with van der Waals surface area (Å²) in [6, 6.07) is 14.9. The lowest BCUT2D eigenvalue weighted by molar-refractivity contribution is -0.132. The van der Waals surface area contributed by atoms with Gasteiger partial charge in [0.1, 0.15) is 5.69 Å². The Bertz CT molecular complexity index is 1200. The molecule has 2 N–H and O–H groups in total. The molecule has 9 nitrogen and oxygen atoms in total. The molecule has 3 aromatic rings. The highest BCUT2D eigenvalue weighted by Gasteiger charge is 2.29. The molecule has 35 heavy (non-hydrogen) atoms. The first-order valence-electron chi connectivity index (χ1n) is 11.5. The molecule has 9 heteroatoms. The van der Waals surface area contributed by atoms with Crippen LogP contribution < -0.4 is 14.8 Å². The van der Waals surface area contributed by atoms with Crippen molar-refractivity contribution in [2.24, 2.45) is 11.0 Å². The molecule has 2 heterocycles. The molecule has 182 valence electrons. The van der Waals surface area contributed by atoms with Crippen LogP contribution in [0, 0.1) is 5.92 Å². The molecule has 0 saturated heterocycles. The molecule has 0 bridgehead atoms. The lowest BCUT2D eigenvalue weighted by Crippen LogP contribution is -2.38. The Balaban J connectivity index is 1.45. The number of H-pyrrole nitrogens is 1. The van der Waals surface area contributed by atoms with Gasteiger partial charge in [0, 0.05) is 36.3 Å². The minimum atomic E-state index is -0.277. The van der Waals surface area contributed by atoms with Crippen molar-refractivity contribution < 1.29 is 19.1 Å². The molecule has 1 aliphatic rings. The fourth-order valence-electron chi connectivity index (χ4n) is 4.05. The summed E-state index contributed by atoms with van der Waals surface area (Å²) in [5.74, 6) is 1.07. The molecule has 0 fully saturated rings. The lowest BCUT2D eigenvalue weighted by atomic mass is 9.89. The number of rotatable bonds is 9. The monoisotopic (exact) mass is 475 g/mol. The SMILES string of the molecule is CCC1CC(=O)N(CCc2ccc(NC(=O)c3cc[nH]n3)cc2)N=C1c1ccc(OC)c(OC)c1. The largest absolute Gasteiger partial charge is 0.493 e. The number of amides is 2. The van der Waals surface area contributed by atoms with Crippen LogP contribution in [0.15, 0.2) is 59.8 Å². The fraction of sp³-hybridized carbons (Fsp3) is 0.308. The summed E-state index contributed by atoms with van der Waals surface area (Å²) in [7, 11) is 3.20. The molecular formula is C26H29N5O4. The third kappa shape index (κ3) is 5.51. The van der Waals surface area contributed by atoms with Gasteiger partial charge in [-0.15, -0.1) is 0 Å². The van der Waals surface area contributed by atoms with Gasteiger partial charge in [-0.25, -0.2) is 5.01 Å². The Labute approximate surface area is 204 Å². The maximum atomic E-state index is 12.8. The number of methoxy groups -OCH3 is 2. The van der Waals surface area contributed by atoms with Crippen LogP contribution in [-0.4, -0.2) is 53.5 Å². The highest BCUT2D eigenvalue weighted by molar-refractivity contribution is 6.06. The lowest BCUT2D eigenvalue weighted by Gasteiger charge is -2.29. The van der Waals surface area contributed by atoms with Crippen molar-refractivity contribution in [2.45, 2.75) is 26.2 Å². The van der Waals surface area contributed by atoms with Gasteiger partial charge in [-0.1, -0.05) is 19.1 Å². The van der Waals surface area contributed by atoms with E-state index in [1.54, 1.807) is 31.5 Å². The highest BCUT2D eigenvalue weighted by atomic mass is 16.5. The van der Waals surface area contributed by atoms with E-state index in [0.717, 1.165) is 23.3 Å². The number of hydrazone groups is 1. The van der Waals surface area contributed by atoms with E-state index in [0.29, 0.717) is 42.3 Å². The number of aromatic nitrogens is 2. The number of nitrogens with one attached hydrogen (secondary N) is 2. The Morgan fingerprint density at radius 1 is 1.11 bits per heavy atom. The average molecular weight is 476 g/mol. The number of ether oxygens (including phenoxy) is 2. The summed E-state index contributed by atoms with van der Waals surface area (Å²) < 4.78 is 10.8. The van der Waals surface area contributed by atoms with Gasteiger partial charge >= 0.3 is 0 Å². The quantitative estimate of drug-likeness (QED) is 0.488. The van der Waals surface area contributed by atoms with Crippen molar-refractivity contribution in [1.82, 2.24) is 15.2 Å². The van der Waals surface area contributed by atoms with E-state index in [4.69, 9.17) is 14.6 Å². The Morgan fingerprint density at radius 2 is 1.89 bits per heavy atom. The molecule has 0 aliphatic carbocycles. The summed E-state index contributed by atoms with van der Waals surface area (Å²) in [4.78, 5) is 24.9. The number of hydrogen-bond acceptors (Lipinski definition) is 6. The summed E-state index contributed by atoms with van der Waals surface area (Å²) in [6.07, 6.45) is 3.47. The van der Waals surface area contributed by atoms with E-state index in [2.05, 4.69) is 22.4 Å². The van der Waals surface area contributed by atoms with Gasteiger partial charge in [-0.2, -0.15) is 10.2 Å². The zero-order valence-electron chi connectivity index (χ0n) is 20.1. The van der Waals surface area contributed by atoms with Crippen LogP contribution in [0.2, 0.25) is 0 Å². The second-order valence-electron chi connectivity index (χ2n) is 8.24. The molecule has 4 rings (SSSR count). The van der Waals surface area contributed by atoms with Gasteiger partial charge in [0.2, 0.25) is 5.91 Å². The van der Waals surface area contributed by atoms with Crippen molar-refractivity contribution in [2.75, 3.05) is 26.1 Å². The van der Waals surface area contributed by atoms with E-state index in [-0.39, 0.29) is 17.7 Å². The van der Waals surface area contributed by atoms with Crippen LogP contribution in [0.1, 0.15) is 41.4 Å². The number of hydrogen-bond donors (Lipinski definition) is 2. The number of aromatic amines is 1. The first kappa shape index (κ1) is 24.0. The predicted octanol–water partition coefficient (Wildman–Crippen LogP) is 3.88. The van der Waals surface area contributed by atoms with Crippen molar-refractivity contribution >= 4 is 23.2 Å². The van der Waals surface area contributed by atoms with E-state index in [9.17, 15) is 9.59 Å². The van der Waals surface area contributed by atoms with E-state index in [1.165, 1.54) is 0 Å². The number of carbonyl (C=O) groups excluding carboxylic acids is 2. The van der Waals surface area contributed by atoms with Crippen LogP contribution in [0.3, 0.4) is 0 Å². The van der Waals surface area contributed by atoms with Crippen LogP contribution in [0.25, 0.3) is 0 Å². The number of benzene rings is 2. The van der Waals surface area contributed by atoms with E-state index < -0.39 is 0 Å². The van der Waals surface area contributed by atoms with Gasteiger partial charge in [-0.05, 0) is 54.8 Å². The minimum absolute atomic E-state index is 0.0176. The third-order valence-corrected chi connectivity index (χ3v) is 6.05. The highest BCUT2D eigenvalue weighted by Crippen LogP contribution is 2.31. The molecule has 1 aromatic heterocycles. The topological polar surface area (TPSA) is 109 Å². The zero-order chi connectivity index (χ0) is 24.8. The maximum Gasteiger partial charge on any atom is 0.276 e. The average Bonchev–Trinajstić information content (AvgIpc) is 3.43. The van der Waals surface area contributed by atoms with Gasteiger partial charge in [0.05, 0.1) is 19.9 Å². The van der Waals surface area contributed by atoms with Gasteiger partial charge in [-0.3, -0.25) is 14.7 Å². The summed E-state index contributed by atoms with van der Waals surface area (Å²) >= 11 is 0. The van der Waals surface area contributed by atoms with Crippen LogP contribution in [0.4, 0.5) is 5.69 Å². The molecule has 0 radical (unpaired) electrons. The van der Waals surface area contributed by atoms with Crippen molar-refractivity contribution in [1.29, 1.82) is 0 Å². The molecule has 0 spiro atoms. The molecular weight excluding hydrogens is 446 g/mol. The maximum absolute atomic E-state index is 12.8. The fourth-order valence-corrected chi connectivity index (χ4v) is 4.05. The van der Waals surface area contributed by atoms with E-state index >= 15 is 0 Å². The van der Waals surface area contributed by atoms with Crippen molar-refractivity contribution in [3.8, 4) is 11.5 Å². The van der Waals surface area contributed by atoms with Crippen LogP contribution >= 0.6 is 0 Å². The molecule has 1 atom stereocenters. The predicted molar refractivity (Wildman–Crippen MR) is 133 cm³/mol. The molecule has 2 amide bonds. The standard InChI is InChI=1S/C26H29N5O4/c1-4-18-16-24(32)31(30-25(18)19-7-10-22(34-2)23(15-19)35-3)14-12-17-5-8-20(9-6-17)28-26(33)21-11-13-27-29-21/h5-11,13,15,18H,4,12,14,16H2,1-3H3,(H,27,29)(H,28,33). The molecule has 1 aliphatic heterocycles. The van der Waals surface area contributed by atoms with E-state index in [1.807, 2.05) is 42.5 Å². The minimum Gasteiger partial charge on any atom is -0.493 e. The molecule has 2 aromatic carbocycles.